The van der Waals surface area contributed by atoms with E-state index in [1.807, 2.05) is 41.0 Å². The van der Waals surface area contributed by atoms with Crippen LogP contribution in [0.1, 0.15) is 60.4 Å². The fourth-order valence-electron chi connectivity index (χ4n) is 3.69. The van der Waals surface area contributed by atoms with Crippen molar-refractivity contribution in [2.75, 3.05) is 0 Å². The average Bonchev–Trinajstić information content (AvgIpc) is 3.02. The third-order valence-electron chi connectivity index (χ3n) is 5.20. The molecule has 152 valence electrons. The smallest absolute Gasteiger partial charge is 0.336 e. The number of aryl methyl sites for hydroxylation is 1. The minimum absolute atomic E-state index is 0.0278. The Kier molecular flexibility index (Phi) is 6.70. The van der Waals surface area contributed by atoms with Gasteiger partial charge in [-0.25, -0.2) is 9.59 Å². The number of carbonyl (C=O) groups is 1. The molecule has 0 amide bonds. The van der Waals surface area contributed by atoms with Gasteiger partial charge in [0, 0.05) is 24.4 Å². The summed E-state index contributed by atoms with van der Waals surface area (Å²) in [6, 6.07) is 15.0. The Morgan fingerprint density at radius 3 is 2.41 bits per heavy atom. The van der Waals surface area contributed by atoms with Gasteiger partial charge in [0.05, 0.1) is 5.56 Å². The maximum atomic E-state index is 12.4. The number of nitrogens with zero attached hydrogens (tertiary/aromatic N) is 1. The molecular weight excluding hydrogens is 364 g/mol. The molecule has 3 aromatic rings. The van der Waals surface area contributed by atoms with Gasteiger partial charge in [-0.1, -0.05) is 62.7 Å². The molecule has 0 radical (unpaired) electrons. The van der Waals surface area contributed by atoms with E-state index in [9.17, 15) is 14.7 Å². The van der Waals surface area contributed by atoms with Crippen LogP contribution in [0.15, 0.2) is 53.3 Å². The molecule has 0 unspecified atom stereocenters. The quantitative estimate of drug-likeness (QED) is 0.545. The van der Waals surface area contributed by atoms with Gasteiger partial charge in [0.25, 0.3) is 0 Å². The summed E-state index contributed by atoms with van der Waals surface area (Å²) in [6.45, 7) is 4.93. The first-order valence-electron chi connectivity index (χ1n) is 10.3. The van der Waals surface area contributed by atoms with Crippen LogP contribution < -0.4 is 5.69 Å². The van der Waals surface area contributed by atoms with Gasteiger partial charge in [0.15, 0.2) is 0 Å². The van der Waals surface area contributed by atoms with Crippen molar-refractivity contribution in [1.82, 2.24) is 9.55 Å². The molecule has 0 aliphatic carbocycles. The highest BCUT2D eigenvalue weighted by atomic mass is 16.4. The molecule has 1 aromatic heterocycles. The molecular formula is C24H28N2O3. The predicted molar refractivity (Wildman–Crippen MR) is 116 cm³/mol. The first kappa shape index (κ1) is 20.6. The molecule has 0 atom stereocenters. The van der Waals surface area contributed by atoms with Crippen molar-refractivity contribution < 1.29 is 9.90 Å². The van der Waals surface area contributed by atoms with Crippen LogP contribution in [0, 0.1) is 0 Å². The molecule has 2 N–H and O–H groups in total. The Morgan fingerprint density at radius 1 is 1.03 bits per heavy atom. The van der Waals surface area contributed by atoms with Gasteiger partial charge in [0.2, 0.25) is 0 Å². The summed E-state index contributed by atoms with van der Waals surface area (Å²) in [5.74, 6) is -0.929. The lowest BCUT2D eigenvalue weighted by Gasteiger charge is -2.11. The van der Waals surface area contributed by atoms with E-state index < -0.39 is 5.97 Å². The molecule has 0 aliphatic rings. The second-order valence-electron chi connectivity index (χ2n) is 7.34. The van der Waals surface area contributed by atoms with Crippen molar-refractivity contribution >= 4 is 5.97 Å². The Bertz CT molecular complexity index is 1030. The molecule has 3 rings (SSSR count). The van der Waals surface area contributed by atoms with Gasteiger partial charge < -0.3 is 10.1 Å². The van der Waals surface area contributed by atoms with Crippen LogP contribution >= 0.6 is 0 Å². The molecule has 1 heterocycles. The van der Waals surface area contributed by atoms with E-state index in [1.165, 1.54) is 0 Å². The largest absolute Gasteiger partial charge is 0.478 e. The van der Waals surface area contributed by atoms with E-state index >= 15 is 0 Å². The molecule has 29 heavy (non-hydrogen) atoms. The molecule has 5 nitrogen and oxygen atoms in total. The zero-order valence-corrected chi connectivity index (χ0v) is 17.1. The second-order valence-corrected chi connectivity index (χ2v) is 7.34. The van der Waals surface area contributed by atoms with Gasteiger partial charge >= 0.3 is 11.7 Å². The lowest BCUT2D eigenvalue weighted by Crippen LogP contribution is -2.18. The second kappa shape index (κ2) is 9.41. The number of aromatic carboxylic acids is 1. The number of aromatic nitrogens is 2. The Hall–Kier alpha value is -3.08. The normalized spacial score (nSPS) is 11.0. The zero-order chi connectivity index (χ0) is 20.8. The molecule has 2 aromatic carbocycles. The van der Waals surface area contributed by atoms with Crippen LogP contribution in [0.5, 0.6) is 0 Å². The van der Waals surface area contributed by atoms with E-state index in [4.69, 9.17) is 0 Å². The summed E-state index contributed by atoms with van der Waals surface area (Å²) >= 11 is 0. The third kappa shape index (κ3) is 4.67. The number of H-pyrrole nitrogens is 1. The molecule has 0 spiro atoms. The van der Waals surface area contributed by atoms with Gasteiger partial charge in [-0.05, 0) is 42.0 Å². The summed E-state index contributed by atoms with van der Waals surface area (Å²) in [7, 11) is 0. The lowest BCUT2D eigenvalue weighted by atomic mass is 9.97. The standard InChI is InChI=1S/C24H28N2O3/c1-3-5-10-21-22(26(15-4-2)24(29)25-21)16-17-11-13-18(14-12-17)19-8-6-7-9-20(19)23(27)28/h6-9,11-14H,3-5,10,15-16H2,1-2H3,(H,25,29)(H,27,28). The van der Waals surface area contributed by atoms with Crippen LogP contribution in [0.3, 0.4) is 0 Å². The van der Waals surface area contributed by atoms with E-state index in [-0.39, 0.29) is 5.69 Å². The highest BCUT2D eigenvalue weighted by molar-refractivity contribution is 5.95. The van der Waals surface area contributed by atoms with Gasteiger partial charge in [-0.3, -0.25) is 4.57 Å². The summed E-state index contributed by atoms with van der Waals surface area (Å²) in [5.41, 5.74) is 5.04. The highest BCUT2D eigenvalue weighted by Gasteiger charge is 2.15. The van der Waals surface area contributed by atoms with Crippen LogP contribution in [0.2, 0.25) is 0 Å². The topological polar surface area (TPSA) is 75.1 Å². The minimum atomic E-state index is -0.929. The van der Waals surface area contributed by atoms with Crippen LogP contribution in [0.4, 0.5) is 0 Å². The number of hydrogen-bond acceptors (Lipinski definition) is 2. The molecule has 0 saturated carbocycles. The molecule has 5 heteroatoms. The van der Waals surface area contributed by atoms with E-state index in [2.05, 4.69) is 18.8 Å². The lowest BCUT2D eigenvalue weighted by molar-refractivity contribution is 0.0697. The van der Waals surface area contributed by atoms with Gasteiger partial charge in [-0.15, -0.1) is 0 Å². The minimum Gasteiger partial charge on any atom is -0.478 e. The van der Waals surface area contributed by atoms with Crippen molar-refractivity contribution in [2.45, 2.75) is 52.5 Å². The molecule has 0 bridgehead atoms. The van der Waals surface area contributed by atoms with Crippen molar-refractivity contribution in [3.05, 3.63) is 81.5 Å². The number of nitrogens with one attached hydrogen (secondary N) is 1. The Morgan fingerprint density at radius 2 is 1.76 bits per heavy atom. The summed E-state index contributed by atoms with van der Waals surface area (Å²) < 4.78 is 1.86. The molecule has 0 aliphatic heterocycles. The number of unbranched alkanes of at least 4 members (excludes halogenated alkanes) is 1. The van der Waals surface area contributed by atoms with E-state index in [1.54, 1.807) is 12.1 Å². The summed E-state index contributed by atoms with van der Waals surface area (Å²) in [6.07, 6.45) is 4.59. The fraction of sp³-hybridized carbons (Fsp3) is 0.333. The van der Waals surface area contributed by atoms with Crippen molar-refractivity contribution in [1.29, 1.82) is 0 Å². The first-order chi connectivity index (χ1) is 14.0. The van der Waals surface area contributed by atoms with Crippen LogP contribution in [-0.4, -0.2) is 20.6 Å². The van der Waals surface area contributed by atoms with Crippen molar-refractivity contribution in [2.24, 2.45) is 0 Å². The third-order valence-corrected chi connectivity index (χ3v) is 5.20. The monoisotopic (exact) mass is 392 g/mol. The van der Waals surface area contributed by atoms with Crippen molar-refractivity contribution in [3.63, 3.8) is 0 Å². The number of carboxylic acids is 1. The average molecular weight is 392 g/mol. The van der Waals surface area contributed by atoms with Crippen molar-refractivity contribution in [3.8, 4) is 11.1 Å². The summed E-state index contributed by atoms with van der Waals surface area (Å²) in [5, 5.41) is 9.43. The fourth-order valence-corrected chi connectivity index (χ4v) is 3.69. The maximum Gasteiger partial charge on any atom is 0.336 e. The number of aromatic amines is 1. The number of hydrogen-bond donors (Lipinski definition) is 2. The zero-order valence-electron chi connectivity index (χ0n) is 17.1. The van der Waals surface area contributed by atoms with Crippen LogP contribution in [0.25, 0.3) is 11.1 Å². The van der Waals surface area contributed by atoms with Gasteiger partial charge in [-0.2, -0.15) is 0 Å². The number of imidazole rings is 1. The van der Waals surface area contributed by atoms with E-state index in [0.717, 1.165) is 48.2 Å². The highest BCUT2D eigenvalue weighted by Crippen LogP contribution is 2.25. The first-order valence-corrected chi connectivity index (χ1v) is 10.3. The number of carboxylic acid groups (broad SMARTS) is 1. The van der Waals surface area contributed by atoms with Gasteiger partial charge in [0.1, 0.15) is 0 Å². The summed E-state index contributed by atoms with van der Waals surface area (Å²) in [4.78, 5) is 26.9. The maximum absolute atomic E-state index is 12.4. The SMILES string of the molecule is CCCCc1[nH]c(=O)n(CCC)c1Cc1ccc(-c2ccccc2C(=O)O)cc1. The van der Waals surface area contributed by atoms with E-state index in [0.29, 0.717) is 24.1 Å². The number of benzene rings is 2. The van der Waals surface area contributed by atoms with Crippen LogP contribution in [-0.2, 0) is 19.4 Å². The Labute approximate surface area is 171 Å². The number of rotatable bonds is 9. The molecule has 0 saturated heterocycles. The Balaban J connectivity index is 1.91. The molecule has 0 fully saturated rings. The predicted octanol–water partition coefficient (Wildman–Crippen LogP) is 4.89.